The summed E-state index contributed by atoms with van der Waals surface area (Å²) in [7, 11) is 0. The Kier molecular flexibility index (Phi) is 5.69. The van der Waals surface area contributed by atoms with Crippen LogP contribution in [0.15, 0.2) is 71.8 Å². The van der Waals surface area contributed by atoms with Crippen LogP contribution in [0, 0.1) is 0 Å². The van der Waals surface area contributed by atoms with Gasteiger partial charge in [0, 0.05) is 16.7 Å². The normalized spacial score (nSPS) is 11.0. The number of thioether (sulfide) groups is 1. The maximum Gasteiger partial charge on any atom is 0.250 e. The van der Waals surface area contributed by atoms with Gasteiger partial charge in [-0.05, 0) is 17.0 Å². The van der Waals surface area contributed by atoms with Gasteiger partial charge in [0.25, 0.3) is 0 Å². The number of fused-ring (bicyclic) bond motifs is 1. The number of nitrogens with one attached hydrogen (secondary N) is 1. The molecule has 0 heterocycles. The third kappa shape index (κ3) is 4.61. The molecule has 0 aliphatic rings. The number of nitrogens with zero attached hydrogens (tertiary/aromatic N) is 1. The summed E-state index contributed by atoms with van der Waals surface area (Å²) in [6.07, 6.45) is 1.46. The lowest BCUT2D eigenvalue weighted by atomic mass is 10.1. The lowest BCUT2D eigenvalue weighted by Gasteiger charge is -2.04. The van der Waals surface area contributed by atoms with E-state index >= 15 is 0 Å². The highest BCUT2D eigenvalue weighted by atomic mass is 32.2. The van der Waals surface area contributed by atoms with Crippen LogP contribution in [0.25, 0.3) is 10.8 Å². The van der Waals surface area contributed by atoms with E-state index in [9.17, 15) is 9.90 Å². The van der Waals surface area contributed by atoms with Crippen LogP contribution in [-0.4, -0.2) is 23.0 Å². The van der Waals surface area contributed by atoms with Crippen LogP contribution in [0.5, 0.6) is 5.75 Å². The molecule has 2 N–H and O–H groups in total. The highest BCUT2D eigenvalue weighted by molar-refractivity contribution is 7.99. The van der Waals surface area contributed by atoms with Crippen molar-refractivity contribution < 1.29 is 9.90 Å². The van der Waals surface area contributed by atoms with Gasteiger partial charge in [-0.25, -0.2) is 5.43 Å². The van der Waals surface area contributed by atoms with Crippen molar-refractivity contribution in [1.82, 2.24) is 5.43 Å². The Balaban J connectivity index is 1.52. The molecule has 5 heteroatoms. The van der Waals surface area contributed by atoms with Crippen molar-refractivity contribution >= 4 is 34.7 Å². The first-order valence-corrected chi connectivity index (χ1v) is 9.04. The van der Waals surface area contributed by atoms with E-state index in [0.29, 0.717) is 11.3 Å². The molecular formula is C20H18N2O2S. The topological polar surface area (TPSA) is 61.7 Å². The third-order valence-electron chi connectivity index (χ3n) is 3.67. The van der Waals surface area contributed by atoms with Crippen LogP contribution >= 0.6 is 11.8 Å². The van der Waals surface area contributed by atoms with E-state index in [2.05, 4.69) is 10.5 Å². The molecule has 0 bridgehead atoms. The number of hydrazone groups is 1. The number of benzene rings is 3. The minimum absolute atomic E-state index is 0.162. The van der Waals surface area contributed by atoms with Crippen LogP contribution in [-0.2, 0) is 10.5 Å². The summed E-state index contributed by atoms with van der Waals surface area (Å²) in [5.41, 5.74) is 4.24. The van der Waals surface area contributed by atoms with Crippen molar-refractivity contribution in [1.29, 1.82) is 0 Å². The second-order valence-corrected chi connectivity index (χ2v) is 6.48. The summed E-state index contributed by atoms with van der Waals surface area (Å²) in [4.78, 5) is 11.8. The fraction of sp³-hybridized carbons (Fsp3) is 0.100. The van der Waals surface area contributed by atoms with Gasteiger partial charge in [-0.2, -0.15) is 5.10 Å². The standard InChI is InChI=1S/C20H18N2O2S/c23-19(14-25-13-15-6-2-1-3-7-15)22-21-12-17-11-10-16-8-4-5-9-18(16)20(17)24/h1-12,24H,13-14H2,(H,22,23)/b21-12-. The van der Waals surface area contributed by atoms with Gasteiger partial charge in [0.15, 0.2) is 0 Å². The number of aromatic hydroxyl groups is 1. The summed E-state index contributed by atoms with van der Waals surface area (Å²) in [6, 6.07) is 21.3. The van der Waals surface area contributed by atoms with Crippen molar-refractivity contribution in [3.8, 4) is 5.75 Å². The van der Waals surface area contributed by atoms with Gasteiger partial charge >= 0.3 is 0 Å². The number of carbonyl (C=O) groups is 1. The highest BCUT2D eigenvalue weighted by Crippen LogP contribution is 2.27. The largest absolute Gasteiger partial charge is 0.507 e. The summed E-state index contributed by atoms with van der Waals surface area (Å²) in [5, 5.41) is 15.9. The number of amides is 1. The average molecular weight is 350 g/mol. The first-order valence-electron chi connectivity index (χ1n) is 7.88. The molecule has 3 rings (SSSR count). The number of hydrogen-bond donors (Lipinski definition) is 2. The van der Waals surface area contributed by atoms with Crippen molar-refractivity contribution in [2.75, 3.05) is 5.75 Å². The molecule has 25 heavy (non-hydrogen) atoms. The van der Waals surface area contributed by atoms with Gasteiger partial charge in [-0.15, -0.1) is 11.8 Å². The molecule has 0 radical (unpaired) electrons. The first-order chi connectivity index (χ1) is 12.2. The van der Waals surface area contributed by atoms with Gasteiger partial charge in [0.1, 0.15) is 5.75 Å². The van der Waals surface area contributed by atoms with Crippen molar-refractivity contribution in [2.24, 2.45) is 5.10 Å². The minimum Gasteiger partial charge on any atom is -0.507 e. The SMILES string of the molecule is O=C(CSCc1ccccc1)N/N=C\c1ccc2ccccc2c1O. The van der Waals surface area contributed by atoms with Crippen LogP contribution in [0.3, 0.4) is 0 Å². The zero-order valence-electron chi connectivity index (χ0n) is 13.6. The molecular weight excluding hydrogens is 332 g/mol. The monoisotopic (exact) mass is 350 g/mol. The molecule has 0 aromatic heterocycles. The molecule has 0 unspecified atom stereocenters. The van der Waals surface area contributed by atoms with E-state index < -0.39 is 0 Å². The molecule has 126 valence electrons. The van der Waals surface area contributed by atoms with Crippen LogP contribution < -0.4 is 5.43 Å². The van der Waals surface area contributed by atoms with E-state index in [-0.39, 0.29) is 11.7 Å². The number of rotatable bonds is 6. The zero-order valence-corrected chi connectivity index (χ0v) is 14.4. The molecule has 3 aromatic carbocycles. The van der Waals surface area contributed by atoms with E-state index in [1.165, 1.54) is 23.5 Å². The number of phenolic OH excluding ortho intramolecular Hbond substituents is 1. The fourth-order valence-electron chi connectivity index (χ4n) is 2.42. The molecule has 0 atom stereocenters. The number of carbonyl (C=O) groups excluding carboxylic acids is 1. The Labute approximate surface area is 150 Å². The van der Waals surface area contributed by atoms with Gasteiger partial charge in [0.05, 0.1) is 12.0 Å². The van der Waals surface area contributed by atoms with E-state index in [0.717, 1.165) is 16.5 Å². The quantitative estimate of drug-likeness (QED) is 0.523. The summed E-state index contributed by atoms with van der Waals surface area (Å²) in [5.74, 6) is 1.10. The second kappa shape index (κ2) is 8.35. The second-order valence-electron chi connectivity index (χ2n) is 5.50. The lowest BCUT2D eigenvalue weighted by Crippen LogP contribution is -2.19. The Hall–Kier alpha value is -2.79. The maximum atomic E-state index is 11.8. The average Bonchev–Trinajstić information content (AvgIpc) is 2.65. The number of phenols is 1. The van der Waals surface area contributed by atoms with Gasteiger partial charge < -0.3 is 5.11 Å². The third-order valence-corrected chi connectivity index (χ3v) is 4.67. The van der Waals surface area contributed by atoms with E-state index in [4.69, 9.17) is 0 Å². The molecule has 1 amide bonds. The fourth-order valence-corrected chi connectivity index (χ4v) is 3.20. The molecule has 0 fully saturated rings. The molecule has 0 saturated heterocycles. The molecule has 0 spiro atoms. The van der Waals surface area contributed by atoms with E-state index in [1.807, 2.05) is 60.7 Å². The first kappa shape index (κ1) is 17.0. The molecule has 0 aliphatic carbocycles. The summed E-state index contributed by atoms with van der Waals surface area (Å²) >= 11 is 1.53. The van der Waals surface area contributed by atoms with Crippen molar-refractivity contribution in [2.45, 2.75) is 5.75 Å². The van der Waals surface area contributed by atoms with Crippen molar-refractivity contribution in [3.63, 3.8) is 0 Å². The molecule has 0 aliphatic heterocycles. The molecule has 3 aromatic rings. The highest BCUT2D eigenvalue weighted by Gasteiger charge is 2.04. The van der Waals surface area contributed by atoms with E-state index in [1.54, 1.807) is 6.07 Å². The Morgan fingerprint density at radius 3 is 2.64 bits per heavy atom. The predicted octanol–water partition coefficient (Wildman–Crippen LogP) is 3.93. The van der Waals surface area contributed by atoms with Gasteiger partial charge in [-0.1, -0.05) is 60.7 Å². The minimum atomic E-state index is -0.169. The Morgan fingerprint density at radius 2 is 1.80 bits per heavy atom. The predicted molar refractivity (Wildman–Crippen MR) is 104 cm³/mol. The van der Waals surface area contributed by atoms with Crippen molar-refractivity contribution in [3.05, 3.63) is 77.9 Å². The zero-order chi connectivity index (χ0) is 17.5. The molecule has 0 saturated carbocycles. The van der Waals surface area contributed by atoms with Crippen LogP contribution in [0.4, 0.5) is 0 Å². The summed E-state index contributed by atoms with van der Waals surface area (Å²) < 4.78 is 0. The number of hydrogen-bond acceptors (Lipinski definition) is 4. The van der Waals surface area contributed by atoms with Gasteiger partial charge in [-0.3, -0.25) is 4.79 Å². The Bertz CT molecular complexity index is 895. The maximum absolute atomic E-state index is 11.8. The Morgan fingerprint density at radius 1 is 1.04 bits per heavy atom. The molecule has 4 nitrogen and oxygen atoms in total. The smallest absolute Gasteiger partial charge is 0.250 e. The van der Waals surface area contributed by atoms with Gasteiger partial charge in [0.2, 0.25) is 5.91 Å². The van der Waals surface area contributed by atoms with Crippen LogP contribution in [0.2, 0.25) is 0 Å². The lowest BCUT2D eigenvalue weighted by molar-refractivity contribution is -0.118. The summed E-state index contributed by atoms with van der Waals surface area (Å²) in [6.45, 7) is 0. The van der Waals surface area contributed by atoms with Crippen LogP contribution in [0.1, 0.15) is 11.1 Å².